The molecule has 1 aliphatic heterocycles. The number of benzene rings is 3. The fraction of sp³-hybridized carbons (Fsp3) is 0. The maximum Gasteiger partial charge on any atom is 0.226 e. The number of para-hydroxylation sites is 1. The van der Waals surface area contributed by atoms with E-state index in [1.54, 1.807) is 18.0 Å². The lowest BCUT2D eigenvalue weighted by molar-refractivity contribution is 0.454. The zero-order valence-electron chi connectivity index (χ0n) is 13.5. The topological polar surface area (TPSA) is 35.3 Å². The first-order chi connectivity index (χ1) is 12.8. The highest BCUT2D eigenvalue weighted by molar-refractivity contribution is 7.99. The predicted octanol–water partition coefficient (Wildman–Crippen LogP) is 6.92. The Morgan fingerprint density at radius 1 is 0.808 bits per heavy atom. The van der Waals surface area contributed by atoms with Crippen LogP contribution in [-0.4, -0.2) is 4.98 Å². The number of halogens is 1. The van der Waals surface area contributed by atoms with E-state index in [1.165, 1.54) is 0 Å². The first-order valence-corrected chi connectivity index (χ1v) is 9.27. The Bertz CT molecular complexity index is 1110. The summed E-state index contributed by atoms with van der Waals surface area (Å²) in [6, 6.07) is 21.5. The monoisotopic (exact) mass is 377 g/mol. The molecular formula is C21H12ClNO2S. The molecule has 3 aromatic carbocycles. The van der Waals surface area contributed by atoms with Gasteiger partial charge in [-0.25, -0.2) is 4.98 Å². The third-order valence-electron chi connectivity index (χ3n) is 4.11. The number of aromatic nitrogens is 1. The normalized spacial score (nSPS) is 12.2. The molecule has 3 nitrogen and oxygen atoms in total. The zero-order chi connectivity index (χ0) is 17.5. The molecule has 0 amide bonds. The second-order valence-electron chi connectivity index (χ2n) is 5.85. The van der Waals surface area contributed by atoms with Crippen molar-refractivity contribution in [2.75, 3.05) is 0 Å². The highest BCUT2D eigenvalue weighted by atomic mass is 35.5. The number of rotatable bonds is 2. The van der Waals surface area contributed by atoms with E-state index >= 15 is 0 Å². The molecule has 2 heterocycles. The van der Waals surface area contributed by atoms with Crippen LogP contribution in [0.3, 0.4) is 0 Å². The van der Waals surface area contributed by atoms with Gasteiger partial charge < -0.3 is 9.15 Å². The summed E-state index contributed by atoms with van der Waals surface area (Å²) in [5.74, 6) is 3.04. The first-order valence-electron chi connectivity index (χ1n) is 8.07. The van der Waals surface area contributed by atoms with Crippen molar-refractivity contribution in [2.45, 2.75) is 9.79 Å². The van der Waals surface area contributed by atoms with Gasteiger partial charge in [-0.3, -0.25) is 0 Å². The maximum atomic E-state index is 5.97. The SMILES string of the molecule is Clc1ccc(-c2ncc(-c3ccc4c(c3)Sc3ccccc3O4)o2)cc1. The molecule has 0 unspecified atom stereocenters. The third-order valence-corrected chi connectivity index (χ3v) is 5.46. The molecule has 0 radical (unpaired) electrons. The van der Waals surface area contributed by atoms with Gasteiger partial charge in [-0.05, 0) is 54.6 Å². The van der Waals surface area contributed by atoms with Crippen molar-refractivity contribution in [1.29, 1.82) is 0 Å². The summed E-state index contributed by atoms with van der Waals surface area (Å²) in [6.45, 7) is 0. The summed E-state index contributed by atoms with van der Waals surface area (Å²) < 4.78 is 11.9. The highest BCUT2D eigenvalue weighted by Crippen LogP contribution is 2.47. The largest absolute Gasteiger partial charge is 0.455 e. The van der Waals surface area contributed by atoms with E-state index in [-0.39, 0.29) is 0 Å². The van der Waals surface area contributed by atoms with E-state index in [0.717, 1.165) is 38.2 Å². The molecule has 126 valence electrons. The van der Waals surface area contributed by atoms with Gasteiger partial charge in [0.25, 0.3) is 0 Å². The fourth-order valence-electron chi connectivity index (χ4n) is 2.81. The molecule has 0 fully saturated rings. The van der Waals surface area contributed by atoms with Gasteiger partial charge in [0, 0.05) is 16.1 Å². The first kappa shape index (κ1) is 15.6. The summed E-state index contributed by atoms with van der Waals surface area (Å²) in [6.07, 6.45) is 1.74. The van der Waals surface area contributed by atoms with E-state index in [0.29, 0.717) is 10.9 Å². The van der Waals surface area contributed by atoms with Gasteiger partial charge in [-0.1, -0.05) is 35.5 Å². The van der Waals surface area contributed by atoms with Crippen LogP contribution in [0.25, 0.3) is 22.8 Å². The fourth-order valence-corrected chi connectivity index (χ4v) is 3.93. The molecule has 1 aromatic heterocycles. The second-order valence-corrected chi connectivity index (χ2v) is 7.37. The van der Waals surface area contributed by atoms with E-state index in [9.17, 15) is 0 Å². The van der Waals surface area contributed by atoms with E-state index < -0.39 is 0 Å². The summed E-state index contributed by atoms with van der Waals surface area (Å²) in [5.41, 5.74) is 1.86. The molecule has 0 atom stereocenters. The highest BCUT2D eigenvalue weighted by Gasteiger charge is 2.19. The van der Waals surface area contributed by atoms with Crippen molar-refractivity contribution in [3.8, 4) is 34.3 Å². The van der Waals surface area contributed by atoms with Crippen molar-refractivity contribution in [3.63, 3.8) is 0 Å². The van der Waals surface area contributed by atoms with Crippen molar-refractivity contribution in [3.05, 3.63) is 77.9 Å². The van der Waals surface area contributed by atoms with E-state index in [1.807, 2.05) is 54.6 Å². The summed E-state index contributed by atoms with van der Waals surface area (Å²) >= 11 is 7.63. The van der Waals surface area contributed by atoms with Crippen LogP contribution >= 0.6 is 23.4 Å². The number of hydrogen-bond acceptors (Lipinski definition) is 4. The molecule has 0 spiro atoms. The zero-order valence-corrected chi connectivity index (χ0v) is 15.1. The third kappa shape index (κ3) is 2.77. The van der Waals surface area contributed by atoms with Crippen molar-refractivity contribution < 1.29 is 9.15 Å². The number of hydrogen-bond donors (Lipinski definition) is 0. The average molecular weight is 378 g/mol. The Balaban J connectivity index is 1.48. The Kier molecular flexibility index (Phi) is 3.73. The van der Waals surface area contributed by atoms with Crippen LogP contribution in [0.4, 0.5) is 0 Å². The number of fused-ring (bicyclic) bond motifs is 2. The lowest BCUT2D eigenvalue weighted by Crippen LogP contribution is -1.94. The molecule has 0 saturated heterocycles. The standard InChI is InChI=1S/C21H12ClNO2S/c22-15-8-5-13(6-9-15)21-23-12-18(25-21)14-7-10-17-20(11-14)26-19-4-2-1-3-16(19)24-17/h1-12H. The lowest BCUT2D eigenvalue weighted by atomic mass is 10.2. The molecule has 0 bridgehead atoms. The van der Waals surface area contributed by atoms with Crippen LogP contribution in [-0.2, 0) is 0 Å². The summed E-state index contributed by atoms with van der Waals surface area (Å²) in [4.78, 5) is 6.56. The van der Waals surface area contributed by atoms with Crippen LogP contribution in [0.15, 0.2) is 87.1 Å². The quantitative estimate of drug-likeness (QED) is 0.334. The molecule has 0 saturated carbocycles. The van der Waals surface area contributed by atoms with E-state index in [4.69, 9.17) is 20.8 Å². The predicted molar refractivity (Wildman–Crippen MR) is 103 cm³/mol. The Morgan fingerprint density at radius 3 is 2.46 bits per heavy atom. The van der Waals surface area contributed by atoms with E-state index in [2.05, 4.69) is 17.1 Å². The van der Waals surface area contributed by atoms with Gasteiger partial charge in [0.2, 0.25) is 5.89 Å². The number of oxazole rings is 1. The van der Waals surface area contributed by atoms with Gasteiger partial charge in [0.05, 0.1) is 16.0 Å². The molecular weight excluding hydrogens is 366 g/mol. The Morgan fingerprint density at radius 2 is 1.58 bits per heavy atom. The molecule has 0 aliphatic carbocycles. The van der Waals surface area contributed by atoms with Crippen molar-refractivity contribution in [2.24, 2.45) is 0 Å². The molecule has 0 N–H and O–H groups in total. The Hall–Kier alpha value is -2.69. The Labute approximate surface area is 159 Å². The minimum atomic E-state index is 0.573. The average Bonchev–Trinajstić information content (AvgIpc) is 3.16. The number of nitrogens with zero attached hydrogens (tertiary/aromatic N) is 1. The smallest absolute Gasteiger partial charge is 0.226 e. The van der Waals surface area contributed by atoms with Crippen LogP contribution in [0, 0.1) is 0 Å². The molecule has 5 heteroatoms. The second kappa shape index (κ2) is 6.24. The van der Waals surface area contributed by atoms with Crippen molar-refractivity contribution in [1.82, 2.24) is 4.98 Å². The van der Waals surface area contributed by atoms with Crippen LogP contribution in [0.5, 0.6) is 11.5 Å². The van der Waals surface area contributed by atoms with Gasteiger partial charge in [0.1, 0.15) is 11.5 Å². The lowest BCUT2D eigenvalue weighted by Gasteiger charge is -2.19. The molecule has 26 heavy (non-hydrogen) atoms. The molecule has 5 rings (SSSR count). The van der Waals surface area contributed by atoms with Crippen LogP contribution in [0.2, 0.25) is 5.02 Å². The van der Waals surface area contributed by atoms with Gasteiger partial charge in [-0.2, -0.15) is 0 Å². The van der Waals surface area contributed by atoms with Gasteiger partial charge in [-0.15, -0.1) is 0 Å². The minimum Gasteiger partial charge on any atom is -0.455 e. The van der Waals surface area contributed by atoms with Crippen LogP contribution in [0.1, 0.15) is 0 Å². The van der Waals surface area contributed by atoms with Crippen LogP contribution < -0.4 is 4.74 Å². The number of ether oxygens (including phenoxy) is 1. The maximum absolute atomic E-state index is 5.97. The van der Waals surface area contributed by atoms with Gasteiger partial charge >= 0.3 is 0 Å². The molecule has 4 aromatic rings. The molecule has 1 aliphatic rings. The van der Waals surface area contributed by atoms with Gasteiger partial charge in [0.15, 0.2) is 5.76 Å². The summed E-state index contributed by atoms with van der Waals surface area (Å²) in [7, 11) is 0. The van der Waals surface area contributed by atoms with Crippen molar-refractivity contribution >= 4 is 23.4 Å². The summed E-state index contributed by atoms with van der Waals surface area (Å²) in [5, 5.41) is 0.688. The minimum absolute atomic E-state index is 0.573.